The number of piperidine rings is 1. The van der Waals surface area contributed by atoms with Crippen LogP contribution in [0.4, 0.5) is 4.79 Å². The van der Waals surface area contributed by atoms with Gasteiger partial charge < -0.3 is 10.2 Å². The molecule has 1 aliphatic carbocycles. The molecule has 1 fully saturated rings. The first-order valence-corrected chi connectivity index (χ1v) is 10.0. The van der Waals surface area contributed by atoms with Gasteiger partial charge in [-0.25, -0.2) is 14.8 Å². The fraction of sp³-hybridized carbons (Fsp3) is 0.524. The minimum atomic E-state index is -0.0393. The van der Waals surface area contributed by atoms with Crippen molar-refractivity contribution in [1.29, 1.82) is 0 Å². The summed E-state index contributed by atoms with van der Waals surface area (Å²) in [6.45, 7) is 3.21. The minimum Gasteiger partial charge on any atom is -0.331 e. The number of amides is 2. The molecule has 4 rings (SSSR count). The summed E-state index contributed by atoms with van der Waals surface area (Å²) in [6.07, 6.45) is 11.3. The highest BCUT2D eigenvalue weighted by Crippen LogP contribution is 2.30. The summed E-state index contributed by atoms with van der Waals surface area (Å²) in [5.74, 6) is 0.719. The van der Waals surface area contributed by atoms with Crippen molar-refractivity contribution < 1.29 is 4.79 Å². The number of rotatable bonds is 3. The lowest BCUT2D eigenvalue weighted by atomic mass is 9.95. The van der Waals surface area contributed by atoms with Gasteiger partial charge in [-0.1, -0.05) is 6.07 Å². The van der Waals surface area contributed by atoms with E-state index in [1.54, 1.807) is 6.20 Å². The summed E-state index contributed by atoms with van der Waals surface area (Å²) in [5, 5.41) is 3.04. The predicted molar refractivity (Wildman–Crippen MR) is 103 cm³/mol. The van der Waals surface area contributed by atoms with Crippen molar-refractivity contribution in [3.05, 3.63) is 52.9 Å². The third-order valence-electron chi connectivity index (χ3n) is 5.67. The van der Waals surface area contributed by atoms with Crippen molar-refractivity contribution in [2.75, 3.05) is 6.54 Å². The first-order chi connectivity index (χ1) is 13.2. The number of carbonyl (C=O) groups is 1. The molecule has 0 unspecified atom stereocenters. The van der Waals surface area contributed by atoms with E-state index < -0.39 is 0 Å². The van der Waals surface area contributed by atoms with Crippen LogP contribution in [0, 0.1) is 6.92 Å². The maximum absolute atomic E-state index is 12.9. The van der Waals surface area contributed by atoms with Crippen LogP contribution in [-0.4, -0.2) is 32.4 Å². The number of urea groups is 1. The largest absolute Gasteiger partial charge is 0.331 e. The number of aryl methyl sites for hydroxylation is 2. The van der Waals surface area contributed by atoms with Gasteiger partial charge in [0, 0.05) is 30.3 Å². The molecule has 0 radical (unpaired) electrons. The topological polar surface area (TPSA) is 71.0 Å². The second kappa shape index (κ2) is 8.03. The van der Waals surface area contributed by atoms with Gasteiger partial charge in [0.1, 0.15) is 5.82 Å². The Morgan fingerprint density at radius 2 is 2.11 bits per heavy atom. The monoisotopic (exact) mass is 365 g/mol. The highest BCUT2D eigenvalue weighted by Gasteiger charge is 2.28. The van der Waals surface area contributed by atoms with Gasteiger partial charge in [0.25, 0.3) is 0 Å². The SMILES string of the molecule is Cc1nc(CNC(=O)N2CCCC[C@H]2c2cccnc2)nc2c1CCCC2. The lowest BCUT2D eigenvalue weighted by molar-refractivity contribution is 0.150. The summed E-state index contributed by atoms with van der Waals surface area (Å²) in [7, 11) is 0. The van der Waals surface area contributed by atoms with E-state index in [0.717, 1.165) is 55.7 Å². The standard InChI is InChI=1S/C21H27N5O/c1-15-17-8-2-3-9-18(17)25-20(24-15)14-23-21(27)26-12-5-4-10-19(26)16-7-6-11-22-13-16/h6-7,11,13,19H,2-5,8-10,12,14H2,1H3,(H,23,27)/t19-/m0/s1. The molecule has 6 heteroatoms. The Bertz CT molecular complexity index is 808. The quantitative estimate of drug-likeness (QED) is 0.904. The number of nitrogens with zero attached hydrogens (tertiary/aromatic N) is 4. The van der Waals surface area contributed by atoms with Crippen molar-refractivity contribution in [3.63, 3.8) is 0 Å². The number of hydrogen-bond donors (Lipinski definition) is 1. The van der Waals surface area contributed by atoms with E-state index in [-0.39, 0.29) is 12.1 Å². The average molecular weight is 365 g/mol. The Balaban J connectivity index is 1.45. The summed E-state index contributed by atoms with van der Waals surface area (Å²) in [6, 6.07) is 4.05. The normalized spacial score (nSPS) is 19.4. The number of likely N-dealkylation sites (tertiary alicyclic amines) is 1. The van der Waals surface area contributed by atoms with E-state index in [4.69, 9.17) is 4.98 Å². The maximum atomic E-state index is 12.9. The number of hydrogen-bond acceptors (Lipinski definition) is 4. The van der Waals surface area contributed by atoms with Crippen LogP contribution in [0.2, 0.25) is 0 Å². The van der Waals surface area contributed by atoms with E-state index in [2.05, 4.69) is 28.3 Å². The van der Waals surface area contributed by atoms with Gasteiger partial charge in [-0.15, -0.1) is 0 Å². The molecule has 1 N–H and O–H groups in total. The van der Waals surface area contributed by atoms with Gasteiger partial charge in [-0.2, -0.15) is 0 Å². The molecular formula is C21H27N5O. The Kier molecular flexibility index (Phi) is 5.32. The van der Waals surface area contributed by atoms with Crippen LogP contribution >= 0.6 is 0 Å². The number of nitrogens with one attached hydrogen (secondary N) is 1. The van der Waals surface area contributed by atoms with Gasteiger partial charge in [0.2, 0.25) is 0 Å². The van der Waals surface area contributed by atoms with Crippen LogP contribution < -0.4 is 5.32 Å². The molecule has 1 saturated heterocycles. The smallest absolute Gasteiger partial charge is 0.318 e. The highest BCUT2D eigenvalue weighted by atomic mass is 16.2. The molecule has 1 aliphatic heterocycles. The van der Waals surface area contributed by atoms with E-state index in [0.29, 0.717) is 6.54 Å². The van der Waals surface area contributed by atoms with Gasteiger partial charge in [-0.3, -0.25) is 4.98 Å². The predicted octanol–water partition coefficient (Wildman–Crippen LogP) is 3.50. The number of pyridine rings is 1. The van der Waals surface area contributed by atoms with Gasteiger partial charge in [0.05, 0.1) is 12.6 Å². The third-order valence-corrected chi connectivity index (χ3v) is 5.67. The number of aromatic nitrogens is 3. The van der Waals surface area contributed by atoms with E-state index in [1.807, 2.05) is 17.2 Å². The van der Waals surface area contributed by atoms with Crippen molar-refractivity contribution in [1.82, 2.24) is 25.2 Å². The number of carbonyl (C=O) groups excluding carboxylic acids is 1. The Morgan fingerprint density at radius 1 is 1.22 bits per heavy atom. The first-order valence-electron chi connectivity index (χ1n) is 10.0. The second-order valence-electron chi connectivity index (χ2n) is 7.51. The molecule has 3 heterocycles. The fourth-order valence-corrected chi connectivity index (χ4v) is 4.27. The maximum Gasteiger partial charge on any atom is 0.318 e. The molecule has 6 nitrogen and oxygen atoms in total. The molecule has 2 amide bonds. The van der Waals surface area contributed by atoms with Crippen LogP contribution in [0.15, 0.2) is 24.5 Å². The molecule has 27 heavy (non-hydrogen) atoms. The van der Waals surface area contributed by atoms with E-state index in [1.165, 1.54) is 24.1 Å². The molecule has 1 atom stereocenters. The molecule has 0 spiro atoms. The fourth-order valence-electron chi connectivity index (χ4n) is 4.27. The first kappa shape index (κ1) is 17.9. The molecule has 142 valence electrons. The Morgan fingerprint density at radius 3 is 2.96 bits per heavy atom. The van der Waals surface area contributed by atoms with Crippen LogP contribution in [-0.2, 0) is 19.4 Å². The second-order valence-corrected chi connectivity index (χ2v) is 7.51. The van der Waals surface area contributed by atoms with Crippen LogP contribution in [0.25, 0.3) is 0 Å². The third kappa shape index (κ3) is 3.94. The summed E-state index contributed by atoms with van der Waals surface area (Å²) in [4.78, 5) is 28.4. The molecule has 0 saturated carbocycles. The van der Waals surface area contributed by atoms with Crippen molar-refractivity contribution >= 4 is 6.03 Å². The minimum absolute atomic E-state index is 0.0393. The summed E-state index contributed by atoms with van der Waals surface area (Å²) < 4.78 is 0. The molecule has 0 bridgehead atoms. The molecule has 2 aromatic heterocycles. The van der Waals surface area contributed by atoms with Crippen molar-refractivity contribution in [2.24, 2.45) is 0 Å². The van der Waals surface area contributed by atoms with Gasteiger partial charge >= 0.3 is 6.03 Å². The zero-order valence-corrected chi connectivity index (χ0v) is 15.9. The van der Waals surface area contributed by atoms with Crippen molar-refractivity contribution in [3.8, 4) is 0 Å². The Hall–Kier alpha value is -2.50. The lowest BCUT2D eigenvalue weighted by Gasteiger charge is -2.35. The van der Waals surface area contributed by atoms with Gasteiger partial charge in [0.15, 0.2) is 0 Å². The molecule has 0 aromatic carbocycles. The van der Waals surface area contributed by atoms with Crippen LogP contribution in [0.1, 0.15) is 66.5 Å². The lowest BCUT2D eigenvalue weighted by Crippen LogP contribution is -2.44. The van der Waals surface area contributed by atoms with Crippen LogP contribution in [0.5, 0.6) is 0 Å². The zero-order valence-electron chi connectivity index (χ0n) is 15.9. The van der Waals surface area contributed by atoms with Gasteiger partial charge in [-0.05, 0) is 69.1 Å². The van der Waals surface area contributed by atoms with E-state index in [9.17, 15) is 4.79 Å². The molecule has 2 aromatic rings. The summed E-state index contributed by atoms with van der Waals surface area (Å²) >= 11 is 0. The van der Waals surface area contributed by atoms with E-state index >= 15 is 0 Å². The zero-order chi connectivity index (χ0) is 18.6. The molecular weight excluding hydrogens is 338 g/mol. The average Bonchev–Trinajstić information content (AvgIpc) is 2.73. The van der Waals surface area contributed by atoms with Crippen LogP contribution in [0.3, 0.4) is 0 Å². The highest BCUT2D eigenvalue weighted by molar-refractivity contribution is 5.74. The number of fused-ring (bicyclic) bond motifs is 1. The summed E-state index contributed by atoms with van der Waals surface area (Å²) in [5.41, 5.74) is 4.65. The van der Waals surface area contributed by atoms with Crippen molar-refractivity contribution in [2.45, 2.75) is 64.5 Å². The molecule has 2 aliphatic rings. The Labute approximate surface area is 160 Å².